The second-order valence-corrected chi connectivity index (χ2v) is 8.14. The molecule has 4 aliphatic rings. The van der Waals surface area contributed by atoms with Gasteiger partial charge in [-0.1, -0.05) is 54.6 Å². The van der Waals surface area contributed by atoms with E-state index in [1.165, 1.54) is 49.7 Å². The summed E-state index contributed by atoms with van der Waals surface area (Å²) in [6, 6.07) is 20.3. The van der Waals surface area contributed by atoms with Crippen LogP contribution in [0.25, 0.3) is 11.1 Å². The van der Waals surface area contributed by atoms with E-state index in [9.17, 15) is 0 Å². The lowest BCUT2D eigenvalue weighted by Crippen LogP contribution is -2.48. The topological polar surface area (TPSA) is 0 Å². The van der Waals surface area contributed by atoms with Crippen molar-refractivity contribution in [3.63, 3.8) is 0 Å². The standard InChI is InChI=1S/C22H24/c1-2-5-19(6-3-1)20-7-4-8-21(12-20)22-13-16-9-17(14-22)11-18(10-16)15-22/h1-8,12,16-18H,9-11,13-15H2. The molecule has 0 unspecified atom stereocenters. The summed E-state index contributed by atoms with van der Waals surface area (Å²) >= 11 is 0. The Labute approximate surface area is 133 Å². The third kappa shape index (κ3) is 1.96. The first kappa shape index (κ1) is 12.9. The first-order chi connectivity index (χ1) is 10.8. The van der Waals surface area contributed by atoms with Gasteiger partial charge in [-0.15, -0.1) is 0 Å². The molecule has 4 fully saturated rings. The Morgan fingerprint density at radius 3 is 1.86 bits per heavy atom. The molecule has 0 N–H and O–H groups in total. The summed E-state index contributed by atoms with van der Waals surface area (Å²) in [5, 5.41) is 0. The maximum Gasteiger partial charge on any atom is -0.00388 e. The number of hydrogen-bond donors (Lipinski definition) is 0. The number of rotatable bonds is 2. The Morgan fingerprint density at radius 1 is 0.636 bits per heavy atom. The van der Waals surface area contributed by atoms with Crippen molar-refractivity contribution in [3.8, 4) is 11.1 Å². The zero-order valence-corrected chi connectivity index (χ0v) is 13.2. The van der Waals surface area contributed by atoms with Gasteiger partial charge in [0.2, 0.25) is 0 Å². The summed E-state index contributed by atoms with van der Waals surface area (Å²) in [7, 11) is 0. The van der Waals surface area contributed by atoms with Gasteiger partial charge in [0.25, 0.3) is 0 Å². The van der Waals surface area contributed by atoms with Gasteiger partial charge in [-0.3, -0.25) is 0 Å². The van der Waals surface area contributed by atoms with Crippen molar-refractivity contribution in [2.24, 2.45) is 17.8 Å². The monoisotopic (exact) mass is 288 g/mol. The van der Waals surface area contributed by atoms with Crippen molar-refractivity contribution in [3.05, 3.63) is 60.2 Å². The lowest BCUT2D eigenvalue weighted by Gasteiger charge is -2.57. The molecule has 0 heteroatoms. The third-order valence-electron chi connectivity index (χ3n) is 6.62. The highest BCUT2D eigenvalue weighted by Gasteiger charge is 2.51. The van der Waals surface area contributed by atoms with Crippen molar-refractivity contribution in [2.45, 2.75) is 43.9 Å². The second-order valence-electron chi connectivity index (χ2n) is 8.14. The third-order valence-corrected chi connectivity index (χ3v) is 6.62. The highest BCUT2D eigenvalue weighted by Crippen LogP contribution is 2.60. The van der Waals surface area contributed by atoms with Gasteiger partial charge < -0.3 is 0 Å². The molecule has 0 aliphatic heterocycles. The van der Waals surface area contributed by atoms with Crippen molar-refractivity contribution in [1.82, 2.24) is 0 Å². The highest BCUT2D eigenvalue weighted by atomic mass is 14.6. The van der Waals surface area contributed by atoms with Crippen LogP contribution in [0.1, 0.15) is 44.1 Å². The van der Waals surface area contributed by atoms with Crippen LogP contribution >= 0.6 is 0 Å². The Kier molecular flexibility index (Phi) is 2.77. The molecule has 0 atom stereocenters. The lowest BCUT2D eigenvalue weighted by molar-refractivity contribution is -0.00516. The fourth-order valence-corrected chi connectivity index (χ4v) is 6.12. The maximum atomic E-state index is 2.50. The van der Waals surface area contributed by atoms with Gasteiger partial charge >= 0.3 is 0 Å². The molecule has 2 aromatic rings. The zero-order valence-electron chi connectivity index (χ0n) is 13.2. The van der Waals surface area contributed by atoms with Gasteiger partial charge in [-0.25, -0.2) is 0 Å². The van der Waals surface area contributed by atoms with Gasteiger partial charge in [0, 0.05) is 0 Å². The predicted octanol–water partition coefficient (Wildman–Crippen LogP) is 5.82. The summed E-state index contributed by atoms with van der Waals surface area (Å²) < 4.78 is 0. The summed E-state index contributed by atoms with van der Waals surface area (Å²) in [6.07, 6.45) is 8.94. The van der Waals surface area contributed by atoms with Crippen LogP contribution in [0.3, 0.4) is 0 Å². The van der Waals surface area contributed by atoms with Gasteiger partial charge in [-0.05, 0) is 78.4 Å². The van der Waals surface area contributed by atoms with Crippen molar-refractivity contribution in [2.75, 3.05) is 0 Å². The van der Waals surface area contributed by atoms with Crippen LogP contribution in [0, 0.1) is 17.8 Å². The molecule has 112 valence electrons. The van der Waals surface area contributed by atoms with E-state index in [0.29, 0.717) is 5.41 Å². The van der Waals surface area contributed by atoms with Gasteiger partial charge in [0.05, 0.1) is 0 Å². The van der Waals surface area contributed by atoms with E-state index in [1.54, 1.807) is 5.56 Å². The molecule has 0 amide bonds. The maximum absolute atomic E-state index is 2.50. The van der Waals surface area contributed by atoms with Crippen LogP contribution in [0.4, 0.5) is 0 Å². The predicted molar refractivity (Wildman–Crippen MR) is 91.7 cm³/mol. The van der Waals surface area contributed by atoms with Crippen LogP contribution in [0.5, 0.6) is 0 Å². The molecule has 4 aliphatic carbocycles. The molecule has 0 nitrogen and oxygen atoms in total. The Balaban J connectivity index is 1.56. The van der Waals surface area contributed by atoms with Crippen LogP contribution in [0.2, 0.25) is 0 Å². The largest absolute Gasteiger partial charge is 0.0622 e. The molecule has 0 spiro atoms. The SMILES string of the molecule is c1ccc(-c2cccc(C34CC5CC(CC(C5)C3)C4)c2)cc1. The van der Waals surface area contributed by atoms with Gasteiger partial charge in [0.15, 0.2) is 0 Å². The minimum atomic E-state index is 0.513. The van der Waals surface area contributed by atoms with Crippen molar-refractivity contribution >= 4 is 0 Å². The van der Waals surface area contributed by atoms with Crippen LogP contribution in [-0.4, -0.2) is 0 Å². The average Bonchev–Trinajstić information content (AvgIpc) is 2.55. The Morgan fingerprint density at radius 2 is 1.23 bits per heavy atom. The first-order valence-electron chi connectivity index (χ1n) is 8.97. The minimum absolute atomic E-state index is 0.513. The van der Waals surface area contributed by atoms with E-state index < -0.39 is 0 Å². The molecule has 22 heavy (non-hydrogen) atoms. The van der Waals surface area contributed by atoms with Crippen molar-refractivity contribution in [1.29, 1.82) is 0 Å². The molecule has 4 saturated carbocycles. The van der Waals surface area contributed by atoms with Crippen LogP contribution in [0.15, 0.2) is 54.6 Å². The Bertz CT molecular complexity index is 647. The fourth-order valence-electron chi connectivity index (χ4n) is 6.12. The normalized spacial score (nSPS) is 35.7. The van der Waals surface area contributed by atoms with Crippen LogP contribution in [-0.2, 0) is 5.41 Å². The van der Waals surface area contributed by atoms with E-state index in [2.05, 4.69) is 54.6 Å². The highest BCUT2D eigenvalue weighted by molar-refractivity contribution is 5.64. The lowest BCUT2D eigenvalue weighted by atomic mass is 9.48. The number of benzene rings is 2. The van der Waals surface area contributed by atoms with E-state index in [1.807, 2.05) is 0 Å². The average molecular weight is 288 g/mol. The Hall–Kier alpha value is -1.56. The summed E-state index contributed by atoms with van der Waals surface area (Å²) in [5.41, 5.74) is 4.90. The minimum Gasteiger partial charge on any atom is -0.0622 e. The molecule has 0 heterocycles. The fraction of sp³-hybridized carbons (Fsp3) is 0.455. The summed E-state index contributed by atoms with van der Waals surface area (Å²) in [4.78, 5) is 0. The van der Waals surface area contributed by atoms with E-state index >= 15 is 0 Å². The quantitative estimate of drug-likeness (QED) is 0.653. The molecule has 4 bridgehead atoms. The van der Waals surface area contributed by atoms with Gasteiger partial charge in [-0.2, -0.15) is 0 Å². The molecule has 6 rings (SSSR count). The van der Waals surface area contributed by atoms with E-state index in [0.717, 1.165) is 17.8 Å². The van der Waals surface area contributed by atoms with Crippen LogP contribution < -0.4 is 0 Å². The number of hydrogen-bond acceptors (Lipinski definition) is 0. The van der Waals surface area contributed by atoms with Gasteiger partial charge in [0.1, 0.15) is 0 Å². The zero-order chi connectivity index (χ0) is 14.6. The van der Waals surface area contributed by atoms with E-state index in [-0.39, 0.29) is 0 Å². The van der Waals surface area contributed by atoms with E-state index in [4.69, 9.17) is 0 Å². The first-order valence-corrected chi connectivity index (χ1v) is 8.97. The molecule has 0 aromatic heterocycles. The molecule has 0 saturated heterocycles. The molecule has 2 aromatic carbocycles. The molecular formula is C22H24. The second kappa shape index (κ2) is 4.72. The summed E-state index contributed by atoms with van der Waals surface area (Å²) in [6.45, 7) is 0. The van der Waals surface area contributed by atoms with Crippen molar-refractivity contribution < 1.29 is 0 Å². The smallest absolute Gasteiger partial charge is 0.00388 e. The molecule has 0 radical (unpaired) electrons. The molecular weight excluding hydrogens is 264 g/mol. The summed E-state index contributed by atoms with van der Waals surface area (Å²) in [5.74, 6) is 3.06.